The zero-order chi connectivity index (χ0) is 23.6. The van der Waals surface area contributed by atoms with Gasteiger partial charge in [0.2, 0.25) is 11.8 Å². The van der Waals surface area contributed by atoms with Gasteiger partial charge in [0, 0.05) is 40.6 Å². The van der Waals surface area contributed by atoms with E-state index in [9.17, 15) is 9.59 Å². The molecule has 176 valence electrons. The van der Waals surface area contributed by atoms with Crippen LogP contribution in [0.5, 0.6) is 0 Å². The van der Waals surface area contributed by atoms with E-state index in [1.54, 1.807) is 17.0 Å². The molecular formula is C25H28BrCl2N3O2. The zero-order valence-corrected chi connectivity index (χ0v) is 21.6. The highest BCUT2D eigenvalue weighted by molar-refractivity contribution is 9.10. The first-order valence-electron chi connectivity index (χ1n) is 11.3. The van der Waals surface area contributed by atoms with Crippen molar-refractivity contribution in [3.63, 3.8) is 0 Å². The lowest BCUT2D eigenvalue weighted by molar-refractivity contribution is -0.138. The summed E-state index contributed by atoms with van der Waals surface area (Å²) in [4.78, 5) is 28.9. The SMILES string of the molecule is CN(C(=O)[C@H](Cc1ccc(Br)cc1)NC(=O)C1(c2ccc(Cl)cc2Cl)CC1)[C@@H]1CCCNC1. The van der Waals surface area contributed by atoms with Gasteiger partial charge in [-0.15, -0.1) is 0 Å². The van der Waals surface area contributed by atoms with Crippen LogP contribution in [0.15, 0.2) is 46.9 Å². The van der Waals surface area contributed by atoms with Crippen LogP contribution >= 0.6 is 39.1 Å². The van der Waals surface area contributed by atoms with Crippen LogP contribution < -0.4 is 10.6 Å². The molecular weight excluding hydrogens is 525 g/mol. The highest BCUT2D eigenvalue weighted by Crippen LogP contribution is 2.51. The number of hydrogen-bond donors (Lipinski definition) is 2. The molecule has 1 aliphatic heterocycles. The third kappa shape index (κ3) is 5.56. The number of halogens is 3. The number of amides is 2. The molecule has 2 atom stereocenters. The first-order valence-corrected chi connectivity index (χ1v) is 12.8. The van der Waals surface area contributed by atoms with E-state index < -0.39 is 11.5 Å². The van der Waals surface area contributed by atoms with E-state index in [0.29, 0.717) is 29.3 Å². The highest BCUT2D eigenvalue weighted by atomic mass is 79.9. The van der Waals surface area contributed by atoms with Crippen molar-refractivity contribution in [2.45, 2.75) is 49.6 Å². The number of carbonyl (C=O) groups excluding carboxylic acids is 2. The summed E-state index contributed by atoms with van der Waals surface area (Å²) in [5.74, 6) is -0.227. The molecule has 4 rings (SSSR count). The monoisotopic (exact) mass is 551 g/mol. The average Bonchev–Trinajstić information content (AvgIpc) is 3.61. The number of likely N-dealkylation sites (N-methyl/N-ethyl adjacent to an activating group) is 1. The Bertz CT molecular complexity index is 1020. The standard InChI is InChI=1S/C25H28BrCl2N3O2/c1-31(19-3-2-12-29-15-19)23(32)22(13-16-4-6-17(26)7-5-16)30-24(33)25(10-11-25)20-9-8-18(27)14-21(20)28/h4-9,14,19,22,29H,2-3,10-13,15H2,1H3,(H,30,33)/t19-,22+/m1/s1. The van der Waals surface area contributed by atoms with Crippen LogP contribution in [0.1, 0.15) is 36.8 Å². The summed E-state index contributed by atoms with van der Waals surface area (Å²) in [5.41, 5.74) is 1.05. The first-order chi connectivity index (χ1) is 15.8. The number of piperidine rings is 1. The summed E-state index contributed by atoms with van der Waals surface area (Å²) in [7, 11) is 1.84. The number of carbonyl (C=O) groups is 2. The molecule has 2 aliphatic rings. The van der Waals surface area contributed by atoms with Gasteiger partial charge in [-0.1, -0.05) is 57.3 Å². The predicted octanol–water partition coefficient (Wildman–Crippen LogP) is 4.73. The molecule has 8 heteroatoms. The minimum Gasteiger partial charge on any atom is -0.343 e. The van der Waals surface area contributed by atoms with E-state index in [-0.39, 0.29) is 17.9 Å². The van der Waals surface area contributed by atoms with E-state index in [1.807, 2.05) is 37.4 Å². The molecule has 0 unspecified atom stereocenters. The van der Waals surface area contributed by atoms with Crippen molar-refractivity contribution < 1.29 is 9.59 Å². The Morgan fingerprint density at radius 3 is 2.55 bits per heavy atom. The third-order valence-electron chi connectivity index (χ3n) is 6.75. The number of hydrogen-bond acceptors (Lipinski definition) is 3. The lowest BCUT2D eigenvalue weighted by atomic mass is 9.93. The van der Waals surface area contributed by atoms with Crippen molar-refractivity contribution >= 4 is 50.9 Å². The molecule has 5 nitrogen and oxygen atoms in total. The summed E-state index contributed by atoms with van der Waals surface area (Å²) in [6, 6.07) is 12.5. The molecule has 1 aliphatic carbocycles. The molecule has 33 heavy (non-hydrogen) atoms. The van der Waals surface area contributed by atoms with Crippen LogP contribution in [-0.4, -0.2) is 48.9 Å². The van der Waals surface area contributed by atoms with Crippen LogP contribution in [0.25, 0.3) is 0 Å². The number of rotatable bonds is 7. The topological polar surface area (TPSA) is 61.4 Å². The summed E-state index contributed by atoms with van der Waals surface area (Å²) in [6.45, 7) is 1.74. The molecule has 0 radical (unpaired) electrons. The Kier molecular flexibility index (Phi) is 7.69. The number of nitrogens with zero attached hydrogens (tertiary/aromatic N) is 1. The lowest BCUT2D eigenvalue weighted by Crippen LogP contribution is -2.55. The van der Waals surface area contributed by atoms with Crippen molar-refractivity contribution in [2.24, 2.45) is 0 Å². The number of nitrogens with one attached hydrogen (secondary N) is 2. The van der Waals surface area contributed by atoms with Gasteiger partial charge in [-0.05, 0) is 67.6 Å². The van der Waals surface area contributed by atoms with E-state index in [4.69, 9.17) is 23.2 Å². The van der Waals surface area contributed by atoms with Crippen molar-refractivity contribution in [1.29, 1.82) is 0 Å². The minimum atomic E-state index is -0.703. The lowest BCUT2D eigenvalue weighted by Gasteiger charge is -2.34. The Morgan fingerprint density at radius 2 is 1.94 bits per heavy atom. The molecule has 2 fully saturated rings. The van der Waals surface area contributed by atoms with Gasteiger partial charge in [0.05, 0.1) is 5.41 Å². The van der Waals surface area contributed by atoms with Crippen LogP contribution in [-0.2, 0) is 21.4 Å². The molecule has 0 aromatic heterocycles. The maximum atomic E-state index is 13.6. The maximum absolute atomic E-state index is 13.6. The predicted molar refractivity (Wildman–Crippen MR) is 136 cm³/mol. The first kappa shape index (κ1) is 24.5. The van der Waals surface area contributed by atoms with Crippen molar-refractivity contribution in [1.82, 2.24) is 15.5 Å². The van der Waals surface area contributed by atoms with Gasteiger partial charge in [-0.2, -0.15) is 0 Å². The fraction of sp³-hybridized carbons (Fsp3) is 0.440. The average molecular weight is 553 g/mol. The molecule has 1 heterocycles. The summed E-state index contributed by atoms with van der Waals surface area (Å²) in [5, 5.41) is 7.47. The van der Waals surface area contributed by atoms with E-state index >= 15 is 0 Å². The molecule has 2 amide bonds. The van der Waals surface area contributed by atoms with Gasteiger partial charge in [0.15, 0.2) is 0 Å². The quantitative estimate of drug-likeness (QED) is 0.522. The zero-order valence-electron chi connectivity index (χ0n) is 18.5. The number of benzene rings is 2. The molecule has 1 saturated heterocycles. The maximum Gasteiger partial charge on any atom is 0.245 e. The fourth-order valence-corrected chi connectivity index (χ4v) is 5.42. The normalized spacial score (nSPS) is 20.1. The molecule has 2 aromatic rings. The van der Waals surface area contributed by atoms with E-state index in [1.165, 1.54) is 0 Å². The van der Waals surface area contributed by atoms with Crippen LogP contribution in [0.3, 0.4) is 0 Å². The van der Waals surface area contributed by atoms with E-state index in [2.05, 4.69) is 26.6 Å². The van der Waals surface area contributed by atoms with Gasteiger partial charge >= 0.3 is 0 Å². The highest BCUT2D eigenvalue weighted by Gasteiger charge is 2.53. The van der Waals surface area contributed by atoms with Gasteiger partial charge in [-0.25, -0.2) is 0 Å². The Morgan fingerprint density at radius 1 is 1.21 bits per heavy atom. The molecule has 0 bridgehead atoms. The van der Waals surface area contributed by atoms with Gasteiger partial charge in [0.25, 0.3) is 0 Å². The Labute approximate surface area is 213 Å². The molecule has 2 aromatic carbocycles. The van der Waals surface area contributed by atoms with E-state index in [0.717, 1.165) is 41.5 Å². The second-order valence-electron chi connectivity index (χ2n) is 9.01. The fourth-order valence-electron chi connectivity index (χ4n) is 4.56. The molecule has 1 saturated carbocycles. The summed E-state index contributed by atoms with van der Waals surface area (Å²) >= 11 is 16.0. The van der Waals surface area contributed by atoms with Gasteiger partial charge in [-0.3, -0.25) is 9.59 Å². The second kappa shape index (κ2) is 10.3. The van der Waals surface area contributed by atoms with Crippen molar-refractivity contribution in [2.75, 3.05) is 20.1 Å². The summed E-state index contributed by atoms with van der Waals surface area (Å²) < 4.78 is 0.970. The van der Waals surface area contributed by atoms with Crippen molar-refractivity contribution in [3.8, 4) is 0 Å². The van der Waals surface area contributed by atoms with Crippen LogP contribution in [0, 0.1) is 0 Å². The smallest absolute Gasteiger partial charge is 0.245 e. The summed E-state index contributed by atoms with van der Waals surface area (Å²) in [6.07, 6.45) is 3.80. The molecule has 2 N–H and O–H groups in total. The minimum absolute atomic E-state index is 0.0713. The third-order valence-corrected chi connectivity index (χ3v) is 7.83. The van der Waals surface area contributed by atoms with Crippen LogP contribution in [0.2, 0.25) is 10.0 Å². The second-order valence-corrected chi connectivity index (χ2v) is 10.8. The Balaban J connectivity index is 1.56. The van der Waals surface area contributed by atoms with Crippen molar-refractivity contribution in [3.05, 3.63) is 68.1 Å². The molecule has 0 spiro atoms. The van der Waals surface area contributed by atoms with Gasteiger partial charge in [0.1, 0.15) is 6.04 Å². The Hall–Kier alpha value is -1.60. The van der Waals surface area contributed by atoms with Gasteiger partial charge < -0.3 is 15.5 Å². The largest absolute Gasteiger partial charge is 0.343 e. The van der Waals surface area contributed by atoms with Crippen LogP contribution in [0.4, 0.5) is 0 Å².